The molecular weight excluding hydrogens is 328 g/mol. The van der Waals surface area contributed by atoms with Crippen LogP contribution in [0.5, 0.6) is 0 Å². The zero-order chi connectivity index (χ0) is 18.9. The fourth-order valence-electron chi connectivity index (χ4n) is 5.15. The van der Waals surface area contributed by atoms with Crippen molar-refractivity contribution in [3.8, 4) is 6.07 Å². The number of rotatable bonds is 1. The molecular formula is C19H24N6O. The van der Waals surface area contributed by atoms with Crippen molar-refractivity contribution in [2.75, 3.05) is 7.05 Å². The molecule has 0 spiro atoms. The van der Waals surface area contributed by atoms with Gasteiger partial charge in [0.2, 0.25) is 0 Å². The summed E-state index contributed by atoms with van der Waals surface area (Å²) in [4.78, 5) is 17.3. The number of hydrazine groups is 1. The van der Waals surface area contributed by atoms with E-state index in [4.69, 9.17) is 5.10 Å². The quantitative estimate of drug-likeness (QED) is 0.832. The number of aliphatic imine (C=N–C) groups is 1. The van der Waals surface area contributed by atoms with Gasteiger partial charge in [0, 0.05) is 30.5 Å². The van der Waals surface area contributed by atoms with Gasteiger partial charge in [-0.2, -0.15) is 10.4 Å². The first kappa shape index (κ1) is 17.0. The number of carbonyl (C=O) groups is 1. The van der Waals surface area contributed by atoms with Crippen molar-refractivity contribution in [2.45, 2.75) is 45.2 Å². The van der Waals surface area contributed by atoms with E-state index in [0.29, 0.717) is 0 Å². The molecule has 3 unspecified atom stereocenters. The molecule has 0 saturated carbocycles. The molecule has 0 bridgehead atoms. The third kappa shape index (κ3) is 2.05. The van der Waals surface area contributed by atoms with Crippen LogP contribution in [0.2, 0.25) is 0 Å². The summed E-state index contributed by atoms with van der Waals surface area (Å²) in [6.45, 7) is 6.06. The van der Waals surface area contributed by atoms with Crippen LogP contribution in [0.15, 0.2) is 16.6 Å². The Labute approximate surface area is 153 Å². The average Bonchev–Trinajstić information content (AvgIpc) is 3.14. The van der Waals surface area contributed by atoms with Gasteiger partial charge in [0.25, 0.3) is 0 Å². The SMILES string of the molecule is CN1C=NC(c2c3c(nn2C)C2(C)C=C(C#N)C(=O)C(C)(C)C2CC3)N1. The van der Waals surface area contributed by atoms with Gasteiger partial charge in [-0.3, -0.25) is 14.5 Å². The van der Waals surface area contributed by atoms with Gasteiger partial charge >= 0.3 is 0 Å². The van der Waals surface area contributed by atoms with E-state index >= 15 is 0 Å². The summed E-state index contributed by atoms with van der Waals surface area (Å²) < 4.78 is 1.90. The summed E-state index contributed by atoms with van der Waals surface area (Å²) in [5.41, 5.74) is 5.78. The number of hydrogen-bond acceptors (Lipinski definition) is 6. The summed E-state index contributed by atoms with van der Waals surface area (Å²) in [5, 5.41) is 16.2. The molecule has 3 aliphatic rings. The number of carbonyl (C=O) groups excluding carboxylic acids is 1. The van der Waals surface area contributed by atoms with Gasteiger partial charge in [-0.05, 0) is 18.8 Å². The van der Waals surface area contributed by atoms with Crippen molar-refractivity contribution >= 4 is 12.1 Å². The Kier molecular flexibility index (Phi) is 3.44. The fraction of sp³-hybridized carbons (Fsp3) is 0.579. The van der Waals surface area contributed by atoms with E-state index in [1.807, 2.05) is 43.7 Å². The smallest absolute Gasteiger partial charge is 0.178 e. The third-order valence-electron chi connectivity index (χ3n) is 6.35. The van der Waals surface area contributed by atoms with Crippen molar-refractivity contribution in [3.63, 3.8) is 0 Å². The Morgan fingerprint density at radius 3 is 2.69 bits per heavy atom. The lowest BCUT2D eigenvalue weighted by Crippen LogP contribution is -2.51. The highest BCUT2D eigenvalue weighted by Gasteiger charge is 2.55. The van der Waals surface area contributed by atoms with Gasteiger partial charge in [0.05, 0.1) is 17.0 Å². The molecule has 7 nitrogen and oxygen atoms in total. The third-order valence-corrected chi connectivity index (χ3v) is 6.35. The molecule has 4 rings (SSSR count). The van der Waals surface area contributed by atoms with Crippen LogP contribution in [0, 0.1) is 22.7 Å². The van der Waals surface area contributed by atoms with Crippen LogP contribution in [0.3, 0.4) is 0 Å². The van der Waals surface area contributed by atoms with Gasteiger partial charge in [0.1, 0.15) is 12.4 Å². The molecule has 3 atom stereocenters. The van der Waals surface area contributed by atoms with Crippen molar-refractivity contribution in [2.24, 2.45) is 23.4 Å². The molecule has 1 N–H and O–H groups in total. The van der Waals surface area contributed by atoms with Crippen LogP contribution >= 0.6 is 0 Å². The van der Waals surface area contributed by atoms with E-state index < -0.39 is 10.8 Å². The maximum absolute atomic E-state index is 12.8. The minimum atomic E-state index is -0.575. The monoisotopic (exact) mass is 352 g/mol. The molecule has 0 aromatic carbocycles. The van der Waals surface area contributed by atoms with E-state index in [1.54, 1.807) is 6.34 Å². The number of nitrogens with one attached hydrogen (secondary N) is 1. The maximum Gasteiger partial charge on any atom is 0.178 e. The lowest BCUT2D eigenvalue weighted by atomic mass is 9.52. The lowest BCUT2D eigenvalue weighted by molar-refractivity contribution is -0.128. The van der Waals surface area contributed by atoms with Gasteiger partial charge in [-0.25, -0.2) is 10.4 Å². The van der Waals surface area contributed by atoms with E-state index in [9.17, 15) is 10.1 Å². The number of aryl methyl sites for hydroxylation is 1. The molecule has 1 aromatic rings. The number of fused-ring (bicyclic) bond motifs is 3. The molecule has 2 aliphatic carbocycles. The molecule has 7 heteroatoms. The van der Waals surface area contributed by atoms with Crippen molar-refractivity contribution in [1.29, 1.82) is 5.26 Å². The van der Waals surface area contributed by atoms with E-state index in [1.165, 1.54) is 5.56 Å². The summed E-state index contributed by atoms with van der Waals surface area (Å²) in [7, 11) is 3.86. The minimum absolute atomic E-state index is 0.0502. The van der Waals surface area contributed by atoms with Crippen LogP contribution in [0.4, 0.5) is 0 Å². The highest BCUT2D eigenvalue weighted by Crippen LogP contribution is 2.55. The Balaban J connectivity index is 1.90. The first-order valence-electron chi connectivity index (χ1n) is 8.96. The Hall–Kier alpha value is -2.46. The molecule has 26 heavy (non-hydrogen) atoms. The first-order valence-corrected chi connectivity index (χ1v) is 8.96. The number of Topliss-reactive ketones (excluding diaryl/α,β-unsaturated/α-hetero) is 1. The van der Waals surface area contributed by atoms with Crippen LogP contribution in [0.25, 0.3) is 0 Å². The van der Waals surface area contributed by atoms with E-state index in [0.717, 1.165) is 24.2 Å². The minimum Gasteiger partial charge on any atom is -0.299 e. The van der Waals surface area contributed by atoms with Gasteiger partial charge in [-0.15, -0.1) is 0 Å². The summed E-state index contributed by atoms with van der Waals surface area (Å²) in [6.07, 6.45) is 5.23. The van der Waals surface area contributed by atoms with E-state index in [2.05, 4.69) is 23.4 Å². The second kappa shape index (κ2) is 5.27. The summed E-state index contributed by atoms with van der Waals surface area (Å²) in [6, 6.07) is 2.12. The lowest BCUT2D eigenvalue weighted by Gasteiger charge is -2.49. The standard InChI is InChI=1S/C19H24N6O/c1-18(2)13-7-6-12-14(17-21-10-24(4)23-17)25(5)22-15(12)19(13,3)8-11(9-20)16(18)26/h8,10,13,17,23H,6-7H2,1-5H3. The largest absolute Gasteiger partial charge is 0.299 e. The second-order valence-corrected chi connectivity index (χ2v) is 8.34. The number of ketones is 1. The normalized spacial score (nSPS) is 32.1. The first-order chi connectivity index (χ1) is 12.2. The van der Waals surface area contributed by atoms with Gasteiger partial charge in [0.15, 0.2) is 11.9 Å². The van der Waals surface area contributed by atoms with Crippen molar-refractivity contribution in [1.82, 2.24) is 20.2 Å². The Bertz CT molecular complexity index is 902. The van der Waals surface area contributed by atoms with Crippen LogP contribution < -0.4 is 5.43 Å². The number of hydrogen-bond donors (Lipinski definition) is 1. The Morgan fingerprint density at radius 1 is 1.35 bits per heavy atom. The maximum atomic E-state index is 12.8. The fourth-order valence-corrected chi connectivity index (χ4v) is 5.15. The van der Waals surface area contributed by atoms with Gasteiger partial charge in [-0.1, -0.05) is 26.8 Å². The van der Waals surface area contributed by atoms with E-state index in [-0.39, 0.29) is 23.4 Å². The number of nitrogens with zero attached hydrogens (tertiary/aromatic N) is 5. The number of nitriles is 1. The topological polar surface area (TPSA) is 86.3 Å². The Morgan fingerprint density at radius 2 is 2.08 bits per heavy atom. The predicted molar refractivity (Wildman–Crippen MR) is 97.0 cm³/mol. The molecule has 2 heterocycles. The molecule has 1 aromatic heterocycles. The highest BCUT2D eigenvalue weighted by atomic mass is 16.1. The second-order valence-electron chi connectivity index (χ2n) is 8.34. The number of allylic oxidation sites excluding steroid dienone is 2. The highest BCUT2D eigenvalue weighted by molar-refractivity contribution is 6.04. The van der Waals surface area contributed by atoms with Crippen molar-refractivity contribution < 1.29 is 4.79 Å². The summed E-state index contributed by atoms with van der Waals surface area (Å²) in [5.74, 6) is 0.0725. The van der Waals surface area contributed by atoms with Gasteiger partial charge < -0.3 is 0 Å². The zero-order valence-electron chi connectivity index (χ0n) is 15.9. The summed E-state index contributed by atoms with van der Waals surface area (Å²) >= 11 is 0. The van der Waals surface area contributed by atoms with Crippen molar-refractivity contribution in [3.05, 3.63) is 28.6 Å². The molecule has 1 aliphatic heterocycles. The van der Waals surface area contributed by atoms with Crippen LogP contribution in [-0.4, -0.2) is 34.0 Å². The average molecular weight is 352 g/mol. The van der Waals surface area contributed by atoms with Crippen LogP contribution in [0.1, 0.15) is 50.3 Å². The molecule has 0 saturated heterocycles. The predicted octanol–water partition coefficient (Wildman–Crippen LogP) is 1.78. The molecule has 0 fully saturated rings. The van der Waals surface area contributed by atoms with Crippen LogP contribution in [-0.2, 0) is 23.7 Å². The number of aromatic nitrogens is 2. The molecule has 0 radical (unpaired) electrons. The molecule has 0 amide bonds. The zero-order valence-corrected chi connectivity index (χ0v) is 15.9. The molecule has 136 valence electrons.